The van der Waals surface area contributed by atoms with Gasteiger partial charge >= 0.3 is 0 Å². The molecular weight excluding hydrogens is 318 g/mol. The maximum Gasteiger partial charge on any atom is 0.263 e. The summed E-state index contributed by atoms with van der Waals surface area (Å²) >= 11 is 0. The second kappa shape index (κ2) is 6.94. The Kier molecular flexibility index (Phi) is 4.72. The molecule has 0 fully saturated rings. The second-order valence-electron chi connectivity index (χ2n) is 6.19. The maximum atomic E-state index is 12.6. The van der Waals surface area contributed by atoms with E-state index in [0.29, 0.717) is 6.54 Å². The van der Waals surface area contributed by atoms with Crippen molar-refractivity contribution in [2.75, 3.05) is 20.6 Å². The molecule has 1 atom stereocenters. The van der Waals surface area contributed by atoms with Crippen LogP contribution in [0.25, 0.3) is 10.9 Å². The number of fused-ring (bicyclic) bond motifs is 1. The maximum absolute atomic E-state index is 12.6. The Morgan fingerprint density at radius 1 is 1.24 bits per heavy atom. The van der Waals surface area contributed by atoms with Crippen LogP contribution in [0.2, 0.25) is 0 Å². The smallest absolute Gasteiger partial charge is 0.263 e. The summed E-state index contributed by atoms with van der Waals surface area (Å²) in [5.74, 6) is 0.376. The lowest BCUT2D eigenvalue weighted by Gasteiger charge is -2.22. The van der Waals surface area contributed by atoms with Crippen LogP contribution in [-0.2, 0) is 7.05 Å². The van der Waals surface area contributed by atoms with Gasteiger partial charge < -0.3 is 14.3 Å². The number of aromatic nitrogens is 1. The number of carbonyl (C=O) groups is 1. The van der Waals surface area contributed by atoms with E-state index in [2.05, 4.69) is 5.32 Å². The summed E-state index contributed by atoms with van der Waals surface area (Å²) in [6, 6.07) is 12.7. The average Bonchev–Trinajstić information content (AvgIpc) is 3.12. The van der Waals surface area contributed by atoms with Crippen LogP contribution < -0.4 is 10.9 Å². The van der Waals surface area contributed by atoms with E-state index < -0.39 is 0 Å². The van der Waals surface area contributed by atoms with Gasteiger partial charge in [0, 0.05) is 13.6 Å². The number of para-hydroxylation sites is 1. The molecule has 1 N–H and O–H groups in total. The van der Waals surface area contributed by atoms with Crippen molar-refractivity contribution in [2.45, 2.75) is 6.04 Å². The molecule has 1 aromatic carbocycles. The van der Waals surface area contributed by atoms with Gasteiger partial charge in [-0.25, -0.2) is 0 Å². The highest BCUT2D eigenvalue weighted by Crippen LogP contribution is 2.18. The van der Waals surface area contributed by atoms with E-state index in [1.165, 1.54) is 4.57 Å². The number of hydrogen-bond donors (Lipinski definition) is 1. The standard InChI is InChI=1S/C19H21N3O3/c1-21(2)16(17-9-6-10-25-17)12-20-18(23)14-11-13-7-4-5-8-15(13)22(3)19(14)24/h4-11,16H,12H2,1-3H3,(H,20,23)/t16-/m1/s1. The third-order valence-corrected chi connectivity index (χ3v) is 4.33. The van der Waals surface area contributed by atoms with Gasteiger partial charge in [-0.2, -0.15) is 0 Å². The molecule has 0 saturated carbocycles. The van der Waals surface area contributed by atoms with Gasteiger partial charge in [0.25, 0.3) is 11.5 Å². The first-order valence-corrected chi connectivity index (χ1v) is 8.06. The molecular formula is C19H21N3O3. The Hall–Kier alpha value is -2.86. The van der Waals surface area contributed by atoms with E-state index in [1.807, 2.05) is 55.4 Å². The van der Waals surface area contributed by atoms with Crippen LogP contribution in [0.5, 0.6) is 0 Å². The first kappa shape index (κ1) is 17.0. The second-order valence-corrected chi connectivity index (χ2v) is 6.19. The van der Waals surface area contributed by atoms with Gasteiger partial charge in [0.1, 0.15) is 11.3 Å². The first-order chi connectivity index (χ1) is 12.0. The van der Waals surface area contributed by atoms with Crippen LogP contribution in [0.3, 0.4) is 0 Å². The number of nitrogens with one attached hydrogen (secondary N) is 1. The molecule has 6 heteroatoms. The molecule has 0 aliphatic rings. The van der Waals surface area contributed by atoms with Crippen molar-refractivity contribution in [3.05, 3.63) is 70.4 Å². The topological polar surface area (TPSA) is 67.5 Å². The summed E-state index contributed by atoms with van der Waals surface area (Å²) in [5.41, 5.74) is 0.625. The van der Waals surface area contributed by atoms with Crippen molar-refractivity contribution in [1.82, 2.24) is 14.8 Å². The van der Waals surface area contributed by atoms with Crippen molar-refractivity contribution < 1.29 is 9.21 Å². The molecule has 0 spiro atoms. The lowest BCUT2D eigenvalue weighted by molar-refractivity contribution is 0.0937. The Morgan fingerprint density at radius 2 is 2.00 bits per heavy atom. The summed E-state index contributed by atoms with van der Waals surface area (Å²) in [7, 11) is 5.50. The number of furan rings is 1. The summed E-state index contributed by atoms with van der Waals surface area (Å²) in [4.78, 5) is 27.0. The summed E-state index contributed by atoms with van der Waals surface area (Å²) in [6.07, 6.45) is 1.60. The zero-order valence-corrected chi connectivity index (χ0v) is 14.5. The number of likely N-dealkylation sites (N-methyl/N-ethyl adjacent to an activating group) is 1. The highest BCUT2D eigenvalue weighted by atomic mass is 16.3. The molecule has 2 aromatic heterocycles. The van der Waals surface area contributed by atoms with E-state index >= 15 is 0 Å². The van der Waals surface area contributed by atoms with Gasteiger partial charge in [-0.1, -0.05) is 18.2 Å². The Balaban J connectivity index is 1.85. The lowest BCUT2D eigenvalue weighted by atomic mass is 10.1. The molecule has 25 heavy (non-hydrogen) atoms. The minimum Gasteiger partial charge on any atom is -0.468 e. The lowest BCUT2D eigenvalue weighted by Crippen LogP contribution is -2.37. The van der Waals surface area contributed by atoms with Crippen LogP contribution in [0, 0.1) is 0 Å². The first-order valence-electron chi connectivity index (χ1n) is 8.06. The molecule has 0 saturated heterocycles. The predicted molar refractivity (Wildman–Crippen MR) is 96.7 cm³/mol. The third kappa shape index (κ3) is 3.34. The van der Waals surface area contributed by atoms with Crippen molar-refractivity contribution in [2.24, 2.45) is 7.05 Å². The van der Waals surface area contributed by atoms with Gasteiger partial charge in [0.15, 0.2) is 0 Å². The van der Waals surface area contributed by atoms with Crippen LogP contribution in [-0.4, -0.2) is 36.0 Å². The van der Waals surface area contributed by atoms with Gasteiger partial charge in [0.05, 0.1) is 17.8 Å². The number of nitrogens with zero attached hydrogens (tertiary/aromatic N) is 2. The van der Waals surface area contributed by atoms with Gasteiger partial charge in [0.2, 0.25) is 0 Å². The number of rotatable bonds is 5. The van der Waals surface area contributed by atoms with Crippen LogP contribution in [0.4, 0.5) is 0 Å². The third-order valence-electron chi connectivity index (χ3n) is 4.33. The largest absolute Gasteiger partial charge is 0.468 e. The highest BCUT2D eigenvalue weighted by Gasteiger charge is 2.20. The zero-order chi connectivity index (χ0) is 18.0. The van der Waals surface area contributed by atoms with Crippen LogP contribution in [0.15, 0.2) is 57.9 Å². The molecule has 1 amide bonds. The summed E-state index contributed by atoms with van der Waals surface area (Å²) in [6.45, 7) is 0.343. The minimum atomic E-state index is -0.384. The summed E-state index contributed by atoms with van der Waals surface area (Å²) in [5, 5.41) is 3.70. The van der Waals surface area contributed by atoms with Crippen molar-refractivity contribution >= 4 is 16.8 Å². The van der Waals surface area contributed by atoms with E-state index in [9.17, 15) is 9.59 Å². The van der Waals surface area contributed by atoms with Crippen LogP contribution >= 0.6 is 0 Å². The number of benzene rings is 1. The van der Waals surface area contributed by atoms with Crippen LogP contribution in [0.1, 0.15) is 22.2 Å². The molecule has 0 radical (unpaired) electrons. The van der Waals surface area contributed by atoms with Gasteiger partial charge in [-0.05, 0) is 43.7 Å². The van der Waals surface area contributed by atoms with Gasteiger partial charge in [-0.3, -0.25) is 14.5 Å². The SMILES string of the molecule is CN(C)[C@H](CNC(=O)c1cc2ccccc2n(C)c1=O)c1ccco1. The normalized spacial score (nSPS) is 12.5. The van der Waals surface area contributed by atoms with Crippen molar-refractivity contribution in [3.63, 3.8) is 0 Å². The molecule has 0 aliphatic heterocycles. The highest BCUT2D eigenvalue weighted by molar-refractivity contribution is 5.97. The molecule has 0 aliphatic carbocycles. The number of hydrogen-bond acceptors (Lipinski definition) is 4. The number of carbonyl (C=O) groups excluding carboxylic acids is 1. The predicted octanol–water partition coefficient (Wildman–Crippen LogP) is 2.16. The van der Waals surface area contributed by atoms with E-state index in [0.717, 1.165) is 16.7 Å². The molecule has 2 heterocycles. The van der Waals surface area contributed by atoms with Gasteiger partial charge in [-0.15, -0.1) is 0 Å². The molecule has 3 rings (SSSR count). The molecule has 6 nitrogen and oxygen atoms in total. The fraction of sp³-hybridized carbons (Fsp3) is 0.263. The molecule has 130 valence electrons. The minimum absolute atomic E-state index is 0.108. The Bertz CT molecular complexity index is 942. The quantitative estimate of drug-likeness (QED) is 0.773. The van der Waals surface area contributed by atoms with E-state index in [-0.39, 0.29) is 23.1 Å². The molecule has 0 unspecified atom stereocenters. The Morgan fingerprint density at radius 3 is 2.68 bits per heavy atom. The number of amides is 1. The zero-order valence-electron chi connectivity index (χ0n) is 14.5. The number of aryl methyl sites for hydroxylation is 1. The Labute approximate surface area is 145 Å². The van der Waals surface area contributed by atoms with E-state index in [1.54, 1.807) is 19.4 Å². The summed E-state index contributed by atoms with van der Waals surface area (Å²) < 4.78 is 6.94. The van der Waals surface area contributed by atoms with Crippen molar-refractivity contribution in [3.8, 4) is 0 Å². The monoisotopic (exact) mass is 339 g/mol. The molecule has 0 bridgehead atoms. The van der Waals surface area contributed by atoms with Crippen molar-refractivity contribution in [1.29, 1.82) is 0 Å². The fourth-order valence-electron chi connectivity index (χ4n) is 2.89. The van der Waals surface area contributed by atoms with E-state index in [4.69, 9.17) is 4.42 Å². The number of pyridine rings is 1. The molecule has 3 aromatic rings. The fourth-order valence-corrected chi connectivity index (χ4v) is 2.89. The average molecular weight is 339 g/mol.